The Morgan fingerprint density at radius 2 is 2.00 bits per heavy atom. The van der Waals surface area contributed by atoms with E-state index in [9.17, 15) is 9.59 Å². The van der Waals surface area contributed by atoms with E-state index >= 15 is 0 Å². The van der Waals surface area contributed by atoms with Crippen molar-refractivity contribution in [3.63, 3.8) is 0 Å². The van der Waals surface area contributed by atoms with Crippen molar-refractivity contribution < 1.29 is 19.1 Å². The maximum Gasteiger partial charge on any atom is 0.397 e. The number of benzene rings is 1. The van der Waals surface area contributed by atoms with Gasteiger partial charge in [0.05, 0.1) is 13.2 Å². The number of esters is 1. The fourth-order valence-electron chi connectivity index (χ4n) is 1.21. The molecule has 0 atom stereocenters. The van der Waals surface area contributed by atoms with Gasteiger partial charge in [0.15, 0.2) is 0 Å². The van der Waals surface area contributed by atoms with E-state index in [4.69, 9.17) is 4.74 Å². The number of rotatable bonds is 4. The highest BCUT2D eigenvalue weighted by Gasteiger charge is 2.14. The fraction of sp³-hybridized carbons (Fsp3) is 0.333. The summed E-state index contributed by atoms with van der Waals surface area (Å²) >= 11 is 0. The third kappa shape index (κ3) is 4.14. The van der Waals surface area contributed by atoms with Crippen LogP contribution in [0.3, 0.4) is 0 Å². The Hall–Kier alpha value is -2.04. The van der Waals surface area contributed by atoms with Crippen molar-refractivity contribution in [1.82, 2.24) is 0 Å². The molecule has 0 aliphatic rings. The van der Waals surface area contributed by atoms with Crippen LogP contribution >= 0.6 is 0 Å². The molecule has 92 valence electrons. The minimum Gasteiger partial charge on any atom is -0.494 e. The van der Waals surface area contributed by atoms with Crippen LogP contribution in [0.4, 0.5) is 5.69 Å². The lowest BCUT2D eigenvalue weighted by Crippen LogP contribution is -2.24. The highest BCUT2D eigenvalue weighted by atomic mass is 16.5. The van der Waals surface area contributed by atoms with Gasteiger partial charge in [0.2, 0.25) is 0 Å². The van der Waals surface area contributed by atoms with Crippen molar-refractivity contribution >= 4 is 17.6 Å². The van der Waals surface area contributed by atoms with Crippen LogP contribution in [-0.4, -0.2) is 25.1 Å². The first-order valence-corrected chi connectivity index (χ1v) is 5.38. The molecule has 0 bridgehead atoms. The summed E-state index contributed by atoms with van der Waals surface area (Å²) in [5.41, 5.74) is 0.494. The lowest BCUT2D eigenvalue weighted by molar-refractivity contribution is -0.152. The normalized spacial score (nSPS) is 9.53. The molecule has 1 N–H and O–H groups in total. The van der Waals surface area contributed by atoms with Gasteiger partial charge in [-0.25, -0.2) is 4.79 Å². The number of ether oxygens (including phenoxy) is 2. The zero-order valence-corrected chi connectivity index (χ0v) is 9.86. The van der Waals surface area contributed by atoms with E-state index in [0.29, 0.717) is 18.0 Å². The van der Waals surface area contributed by atoms with Gasteiger partial charge in [-0.15, -0.1) is 0 Å². The summed E-state index contributed by atoms with van der Waals surface area (Å²) in [7, 11) is 0. The largest absolute Gasteiger partial charge is 0.494 e. The summed E-state index contributed by atoms with van der Waals surface area (Å²) in [4.78, 5) is 22.4. The van der Waals surface area contributed by atoms with Crippen molar-refractivity contribution in [3.8, 4) is 5.75 Å². The van der Waals surface area contributed by atoms with Crippen LogP contribution in [0, 0.1) is 0 Å². The zero-order valence-electron chi connectivity index (χ0n) is 9.86. The average Bonchev–Trinajstić information content (AvgIpc) is 2.30. The Bertz CT molecular complexity index is 403. The molecule has 0 aromatic heterocycles. The topological polar surface area (TPSA) is 64.6 Å². The van der Waals surface area contributed by atoms with Crippen LogP contribution in [-0.2, 0) is 14.3 Å². The molecule has 0 saturated carbocycles. The van der Waals surface area contributed by atoms with Gasteiger partial charge in [-0.05, 0) is 26.0 Å². The molecule has 5 nitrogen and oxygen atoms in total. The third-order valence-electron chi connectivity index (χ3n) is 1.86. The lowest BCUT2D eigenvalue weighted by Gasteiger charge is -2.07. The molecular weight excluding hydrogens is 222 g/mol. The van der Waals surface area contributed by atoms with Crippen molar-refractivity contribution in [2.75, 3.05) is 18.5 Å². The Kier molecular flexibility index (Phi) is 5.00. The van der Waals surface area contributed by atoms with Crippen LogP contribution in [0.15, 0.2) is 24.3 Å². The Balaban J connectivity index is 2.64. The predicted octanol–water partition coefficient (Wildman–Crippen LogP) is 1.59. The van der Waals surface area contributed by atoms with Crippen LogP contribution in [0.5, 0.6) is 5.75 Å². The smallest absolute Gasteiger partial charge is 0.397 e. The molecule has 0 spiro atoms. The number of anilines is 1. The lowest BCUT2D eigenvalue weighted by atomic mass is 10.3. The van der Waals surface area contributed by atoms with Gasteiger partial charge in [0.25, 0.3) is 0 Å². The minimum atomic E-state index is -0.894. The van der Waals surface area contributed by atoms with E-state index in [-0.39, 0.29) is 6.61 Å². The molecule has 0 unspecified atom stereocenters. The summed E-state index contributed by atoms with van der Waals surface area (Å²) in [5, 5.41) is 2.43. The highest BCUT2D eigenvalue weighted by Crippen LogP contribution is 2.17. The average molecular weight is 237 g/mol. The summed E-state index contributed by atoms with van der Waals surface area (Å²) < 4.78 is 9.84. The van der Waals surface area contributed by atoms with Crippen LogP contribution < -0.4 is 10.1 Å². The first kappa shape index (κ1) is 13.0. The van der Waals surface area contributed by atoms with Crippen LogP contribution in [0.2, 0.25) is 0 Å². The molecule has 0 aliphatic carbocycles. The number of hydrogen-bond donors (Lipinski definition) is 1. The molecule has 17 heavy (non-hydrogen) atoms. The van der Waals surface area contributed by atoms with Crippen LogP contribution in [0.25, 0.3) is 0 Å². The number of nitrogens with one attached hydrogen (secondary N) is 1. The molecule has 0 fully saturated rings. The monoisotopic (exact) mass is 237 g/mol. The highest BCUT2D eigenvalue weighted by molar-refractivity contribution is 6.37. The number of amides is 1. The molecule has 0 heterocycles. The first-order chi connectivity index (χ1) is 8.17. The Morgan fingerprint density at radius 3 is 2.65 bits per heavy atom. The quantitative estimate of drug-likeness (QED) is 0.638. The van der Waals surface area contributed by atoms with Crippen LogP contribution in [0.1, 0.15) is 13.8 Å². The standard InChI is InChI=1S/C12H15NO4/c1-3-16-10-7-5-6-9(8-10)13-11(14)12(15)17-4-2/h5-8H,3-4H2,1-2H3,(H,13,14). The fourth-order valence-corrected chi connectivity index (χ4v) is 1.21. The maximum atomic E-state index is 11.3. The van der Waals surface area contributed by atoms with Crippen molar-refractivity contribution in [3.05, 3.63) is 24.3 Å². The van der Waals surface area contributed by atoms with Gasteiger partial charge >= 0.3 is 11.9 Å². The summed E-state index contributed by atoms with van der Waals surface area (Å²) in [6.07, 6.45) is 0. The molecule has 0 radical (unpaired) electrons. The Labute approximate surface area is 99.7 Å². The number of carbonyl (C=O) groups excluding carboxylic acids is 2. The van der Waals surface area contributed by atoms with E-state index < -0.39 is 11.9 Å². The van der Waals surface area contributed by atoms with Gasteiger partial charge in [-0.2, -0.15) is 0 Å². The van der Waals surface area contributed by atoms with E-state index in [1.807, 2.05) is 6.92 Å². The molecule has 5 heteroatoms. The SMILES string of the molecule is CCOC(=O)C(=O)Nc1cccc(OCC)c1. The summed E-state index contributed by atoms with van der Waals surface area (Å²) in [5.74, 6) is -1.05. The molecule has 1 aromatic rings. The third-order valence-corrected chi connectivity index (χ3v) is 1.86. The number of carbonyl (C=O) groups is 2. The molecule has 0 saturated heterocycles. The molecule has 0 aliphatic heterocycles. The summed E-state index contributed by atoms with van der Waals surface area (Å²) in [6, 6.07) is 6.80. The van der Waals surface area contributed by atoms with Gasteiger partial charge in [0, 0.05) is 11.8 Å². The molecule has 1 amide bonds. The van der Waals surface area contributed by atoms with Crippen molar-refractivity contribution in [1.29, 1.82) is 0 Å². The van der Waals surface area contributed by atoms with Crippen molar-refractivity contribution in [2.24, 2.45) is 0 Å². The minimum absolute atomic E-state index is 0.172. The van der Waals surface area contributed by atoms with Gasteiger partial charge in [0.1, 0.15) is 5.75 Å². The van der Waals surface area contributed by atoms with E-state index in [1.165, 1.54) is 0 Å². The Morgan fingerprint density at radius 1 is 1.24 bits per heavy atom. The molecular formula is C12H15NO4. The zero-order chi connectivity index (χ0) is 12.7. The second kappa shape index (κ2) is 6.52. The second-order valence-electron chi connectivity index (χ2n) is 3.14. The van der Waals surface area contributed by atoms with E-state index in [0.717, 1.165) is 0 Å². The predicted molar refractivity (Wildman–Crippen MR) is 62.9 cm³/mol. The number of hydrogen-bond acceptors (Lipinski definition) is 4. The molecule has 1 aromatic carbocycles. The van der Waals surface area contributed by atoms with Gasteiger partial charge in [-0.1, -0.05) is 6.07 Å². The first-order valence-electron chi connectivity index (χ1n) is 5.38. The van der Waals surface area contributed by atoms with E-state index in [1.54, 1.807) is 31.2 Å². The maximum absolute atomic E-state index is 11.3. The molecule has 1 rings (SSSR count). The van der Waals surface area contributed by atoms with Crippen molar-refractivity contribution in [2.45, 2.75) is 13.8 Å². The van der Waals surface area contributed by atoms with E-state index in [2.05, 4.69) is 10.1 Å². The van der Waals surface area contributed by atoms with Gasteiger partial charge < -0.3 is 14.8 Å². The summed E-state index contributed by atoms with van der Waals surface area (Å²) in [6.45, 7) is 4.21. The second-order valence-corrected chi connectivity index (χ2v) is 3.14. The van der Waals surface area contributed by atoms with Gasteiger partial charge in [-0.3, -0.25) is 4.79 Å².